The lowest BCUT2D eigenvalue weighted by molar-refractivity contribution is 0.0379. The van der Waals surface area contributed by atoms with Crippen LogP contribution in [0.4, 0.5) is 0 Å². The molecule has 0 spiro atoms. The molecule has 0 aromatic rings. The van der Waals surface area contributed by atoms with Gasteiger partial charge in [0.25, 0.3) is 0 Å². The van der Waals surface area contributed by atoms with Gasteiger partial charge in [0.05, 0.1) is 25.4 Å². The fourth-order valence-corrected chi connectivity index (χ4v) is 3.29. The van der Waals surface area contributed by atoms with E-state index in [1.165, 1.54) is 25.7 Å². The molecule has 2 bridgehead atoms. The maximum absolute atomic E-state index is 9.20. The van der Waals surface area contributed by atoms with Gasteiger partial charge in [0.15, 0.2) is 0 Å². The summed E-state index contributed by atoms with van der Waals surface area (Å²) >= 11 is 0. The minimum atomic E-state index is -0.901. The van der Waals surface area contributed by atoms with Crippen molar-refractivity contribution >= 4 is 0 Å². The summed E-state index contributed by atoms with van der Waals surface area (Å²) in [6.45, 7) is 0.144. The lowest BCUT2D eigenvalue weighted by Crippen LogP contribution is -2.56. The predicted octanol–water partition coefficient (Wildman–Crippen LogP) is -0.272. The molecular weight excluding hydrogens is 206 g/mol. The summed E-state index contributed by atoms with van der Waals surface area (Å²) in [7, 11) is 0. The molecule has 2 saturated carbocycles. The number of aliphatic hydroxyl groups excluding tert-OH is 3. The van der Waals surface area contributed by atoms with Gasteiger partial charge < -0.3 is 20.6 Å². The van der Waals surface area contributed by atoms with Gasteiger partial charge in [-0.25, -0.2) is 0 Å². The van der Waals surface area contributed by atoms with E-state index in [2.05, 4.69) is 5.32 Å². The van der Waals surface area contributed by atoms with Gasteiger partial charge in [-0.3, -0.25) is 0 Å². The van der Waals surface area contributed by atoms with Crippen molar-refractivity contribution in [2.24, 2.45) is 17.8 Å². The Hall–Kier alpha value is -0.160. The maximum atomic E-state index is 9.20. The molecular formula is C12H23NO3. The molecule has 4 nitrogen and oxygen atoms in total. The first kappa shape index (κ1) is 12.3. The fourth-order valence-electron chi connectivity index (χ4n) is 3.29. The van der Waals surface area contributed by atoms with Crippen molar-refractivity contribution < 1.29 is 15.3 Å². The van der Waals surface area contributed by atoms with E-state index in [1.54, 1.807) is 0 Å². The molecule has 94 valence electrons. The predicted molar refractivity (Wildman–Crippen MR) is 60.9 cm³/mol. The van der Waals surface area contributed by atoms with Crippen LogP contribution in [0.5, 0.6) is 0 Å². The van der Waals surface area contributed by atoms with Gasteiger partial charge >= 0.3 is 0 Å². The first-order chi connectivity index (χ1) is 7.73. The summed E-state index contributed by atoms with van der Waals surface area (Å²) in [6, 6.07) is 0. The third-order valence-corrected chi connectivity index (χ3v) is 4.53. The lowest BCUT2D eigenvalue weighted by atomic mass is 9.88. The van der Waals surface area contributed by atoms with Gasteiger partial charge in [0.2, 0.25) is 0 Å². The Labute approximate surface area is 96.7 Å². The molecule has 3 unspecified atom stereocenters. The van der Waals surface area contributed by atoms with Gasteiger partial charge in [-0.2, -0.15) is 0 Å². The van der Waals surface area contributed by atoms with Crippen LogP contribution in [0.15, 0.2) is 0 Å². The second kappa shape index (κ2) is 5.00. The molecule has 0 amide bonds. The second-order valence-corrected chi connectivity index (χ2v) is 5.57. The van der Waals surface area contributed by atoms with Crippen molar-refractivity contribution in [2.75, 3.05) is 26.4 Å². The molecule has 0 saturated heterocycles. The highest BCUT2D eigenvalue weighted by Gasteiger charge is 2.40. The van der Waals surface area contributed by atoms with Crippen LogP contribution in [0.25, 0.3) is 0 Å². The van der Waals surface area contributed by atoms with E-state index in [9.17, 15) is 15.3 Å². The molecule has 0 radical (unpaired) electrons. The number of hydrogen-bond acceptors (Lipinski definition) is 4. The Balaban J connectivity index is 1.82. The standard InChI is InChI=1S/C12H23NO3/c14-6-12(7-15,8-16)13-5-11-4-9-1-2-10(11)3-9/h9-11,13-16H,1-8H2. The van der Waals surface area contributed by atoms with Crippen LogP contribution in [-0.4, -0.2) is 47.2 Å². The summed E-state index contributed by atoms with van der Waals surface area (Å²) in [6.07, 6.45) is 5.35. The highest BCUT2D eigenvalue weighted by Crippen LogP contribution is 2.48. The molecule has 2 aliphatic carbocycles. The average Bonchev–Trinajstić information content (AvgIpc) is 2.93. The fraction of sp³-hybridized carbons (Fsp3) is 1.00. The van der Waals surface area contributed by atoms with Crippen LogP contribution >= 0.6 is 0 Å². The normalized spacial score (nSPS) is 33.6. The minimum Gasteiger partial charge on any atom is -0.394 e. The van der Waals surface area contributed by atoms with Gasteiger partial charge in [0, 0.05) is 0 Å². The number of nitrogens with one attached hydrogen (secondary N) is 1. The van der Waals surface area contributed by atoms with Crippen molar-refractivity contribution in [2.45, 2.75) is 31.2 Å². The van der Waals surface area contributed by atoms with Crippen LogP contribution in [0.3, 0.4) is 0 Å². The first-order valence-corrected chi connectivity index (χ1v) is 6.30. The number of rotatable bonds is 6. The van der Waals surface area contributed by atoms with Gasteiger partial charge in [-0.15, -0.1) is 0 Å². The van der Waals surface area contributed by atoms with Crippen LogP contribution in [0.2, 0.25) is 0 Å². The van der Waals surface area contributed by atoms with Crippen molar-refractivity contribution in [1.29, 1.82) is 0 Å². The molecule has 16 heavy (non-hydrogen) atoms. The summed E-state index contributed by atoms with van der Waals surface area (Å²) in [5, 5.41) is 30.8. The zero-order valence-corrected chi connectivity index (χ0v) is 9.73. The van der Waals surface area contributed by atoms with Crippen LogP contribution in [0, 0.1) is 17.8 Å². The van der Waals surface area contributed by atoms with E-state index in [0.717, 1.165) is 18.4 Å². The number of aliphatic hydroxyl groups is 3. The molecule has 0 aliphatic heterocycles. The van der Waals surface area contributed by atoms with Crippen molar-refractivity contribution in [3.63, 3.8) is 0 Å². The molecule has 0 aromatic heterocycles. The Morgan fingerprint density at radius 2 is 1.69 bits per heavy atom. The van der Waals surface area contributed by atoms with E-state index in [1.807, 2.05) is 0 Å². The SMILES string of the molecule is OCC(CO)(CO)NCC1CC2CCC1C2. The number of fused-ring (bicyclic) bond motifs is 2. The summed E-state index contributed by atoms with van der Waals surface area (Å²) in [5.41, 5.74) is -0.901. The van der Waals surface area contributed by atoms with E-state index < -0.39 is 5.54 Å². The Kier molecular flexibility index (Phi) is 3.85. The zero-order valence-electron chi connectivity index (χ0n) is 9.73. The summed E-state index contributed by atoms with van der Waals surface area (Å²) in [4.78, 5) is 0. The van der Waals surface area contributed by atoms with Crippen molar-refractivity contribution in [3.05, 3.63) is 0 Å². The minimum absolute atomic E-state index is 0.221. The first-order valence-electron chi connectivity index (χ1n) is 6.30. The molecule has 2 fully saturated rings. The summed E-state index contributed by atoms with van der Waals surface area (Å²) in [5.74, 6) is 2.40. The third-order valence-electron chi connectivity index (χ3n) is 4.53. The highest BCUT2D eigenvalue weighted by molar-refractivity contribution is 4.94. The van der Waals surface area contributed by atoms with Gasteiger partial charge in [-0.1, -0.05) is 6.42 Å². The molecule has 0 aromatic carbocycles. The van der Waals surface area contributed by atoms with E-state index in [-0.39, 0.29) is 19.8 Å². The Morgan fingerprint density at radius 3 is 2.12 bits per heavy atom. The van der Waals surface area contributed by atoms with E-state index in [4.69, 9.17) is 0 Å². The van der Waals surface area contributed by atoms with Crippen LogP contribution in [0.1, 0.15) is 25.7 Å². The number of hydrogen-bond donors (Lipinski definition) is 4. The van der Waals surface area contributed by atoms with E-state index >= 15 is 0 Å². The summed E-state index contributed by atoms with van der Waals surface area (Å²) < 4.78 is 0. The smallest absolute Gasteiger partial charge is 0.0881 e. The average molecular weight is 229 g/mol. The highest BCUT2D eigenvalue weighted by atomic mass is 16.3. The zero-order chi connectivity index (χ0) is 11.6. The van der Waals surface area contributed by atoms with Crippen LogP contribution in [-0.2, 0) is 0 Å². The largest absolute Gasteiger partial charge is 0.394 e. The second-order valence-electron chi connectivity index (χ2n) is 5.57. The van der Waals surface area contributed by atoms with Crippen LogP contribution < -0.4 is 5.32 Å². The topological polar surface area (TPSA) is 72.7 Å². The Bertz CT molecular complexity index is 222. The molecule has 4 heteroatoms. The lowest BCUT2D eigenvalue weighted by Gasteiger charge is -2.32. The van der Waals surface area contributed by atoms with Crippen molar-refractivity contribution in [1.82, 2.24) is 5.32 Å². The quantitative estimate of drug-likeness (QED) is 0.506. The van der Waals surface area contributed by atoms with Gasteiger partial charge in [0.1, 0.15) is 0 Å². The Morgan fingerprint density at radius 1 is 1.00 bits per heavy atom. The van der Waals surface area contributed by atoms with Crippen molar-refractivity contribution in [3.8, 4) is 0 Å². The molecule has 3 atom stereocenters. The third kappa shape index (κ3) is 2.25. The molecule has 0 heterocycles. The van der Waals surface area contributed by atoms with E-state index in [0.29, 0.717) is 5.92 Å². The molecule has 4 N–H and O–H groups in total. The maximum Gasteiger partial charge on any atom is 0.0881 e. The van der Waals surface area contributed by atoms with Gasteiger partial charge in [-0.05, 0) is 43.6 Å². The monoisotopic (exact) mass is 229 g/mol. The molecule has 2 rings (SSSR count). The molecule has 2 aliphatic rings.